The second kappa shape index (κ2) is 7.98. The fraction of sp³-hybridized carbons (Fsp3) is 0.304. The summed E-state index contributed by atoms with van der Waals surface area (Å²) in [6.45, 7) is 8.57. The van der Waals surface area contributed by atoms with Crippen molar-refractivity contribution in [1.29, 1.82) is 0 Å². The first-order valence-electron chi connectivity index (χ1n) is 9.79. The molecule has 1 saturated heterocycles. The fourth-order valence-electron chi connectivity index (χ4n) is 3.54. The third-order valence-corrected chi connectivity index (χ3v) is 5.34. The zero-order valence-electron chi connectivity index (χ0n) is 16.4. The van der Waals surface area contributed by atoms with Crippen LogP contribution in [0.5, 0.6) is 0 Å². The highest BCUT2D eigenvalue weighted by Crippen LogP contribution is 2.29. The molecular formula is C23H25N3O2. The van der Waals surface area contributed by atoms with Crippen LogP contribution in [0.1, 0.15) is 22.8 Å². The van der Waals surface area contributed by atoms with Crippen molar-refractivity contribution in [2.75, 3.05) is 32.7 Å². The lowest BCUT2D eigenvalue weighted by atomic mass is 10.1. The number of piperazine rings is 1. The van der Waals surface area contributed by atoms with Gasteiger partial charge in [0.25, 0.3) is 5.91 Å². The maximum Gasteiger partial charge on any atom is 0.254 e. The Hall–Kier alpha value is -2.92. The summed E-state index contributed by atoms with van der Waals surface area (Å²) in [6, 6.07) is 15.7. The normalized spacial score (nSPS) is 15.0. The minimum Gasteiger partial charge on any atom is -0.436 e. The molecule has 144 valence electrons. The van der Waals surface area contributed by atoms with Gasteiger partial charge in [-0.05, 0) is 25.6 Å². The maximum atomic E-state index is 13.1. The number of benzene rings is 2. The van der Waals surface area contributed by atoms with Crippen LogP contribution in [-0.4, -0.2) is 53.4 Å². The molecule has 3 aromatic rings. The number of carbonyl (C=O) groups excluding carboxylic acids is 1. The molecule has 5 heteroatoms. The number of hydrogen-bond donors (Lipinski definition) is 0. The van der Waals surface area contributed by atoms with E-state index < -0.39 is 0 Å². The molecule has 0 spiro atoms. The van der Waals surface area contributed by atoms with E-state index in [1.807, 2.05) is 53.4 Å². The van der Waals surface area contributed by atoms with E-state index in [9.17, 15) is 4.79 Å². The zero-order chi connectivity index (χ0) is 19.5. The van der Waals surface area contributed by atoms with Gasteiger partial charge in [-0.2, -0.15) is 0 Å². The van der Waals surface area contributed by atoms with Gasteiger partial charge in [0.1, 0.15) is 0 Å². The van der Waals surface area contributed by atoms with Crippen LogP contribution in [0.25, 0.3) is 22.8 Å². The minimum atomic E-state index is 0.0430. The molecule has 0 atom stereocenters. The van der Waals surface area contributed by atoms with Gasteiger partial charge in [0.05, 0.1) is 11.8 Å². The molecule has 0 saturated carbocycles. The van der Waals surface area contributed by atoms with Gasteiger partial charge in [0, 0.05) is 37.3 Å². The lowest BCUT2D eigenvalue weighted by Crippen LogP contribution is -2.48. The number of aryl methyl sites for hydroxylation is 1. The summed E-state index contributed by atoms with van der Waals surface area (Å²) in [4.78, 5) is 21.9. The molecule has 1 amide bonds. The van der Waals surface area contributed by atoms with Crippen LogP contribution in [0.2, 0.25) is 0 Å². The number of carbonyl (C=O) groups is 1. The molecule has 2 heterocycles. The van der Waals surface area contributed by atoms with Crippen LogP contribution in [0.3, 0.4) is 0 Å². The molecular weight excluding hydrogens is 350 g/mol. The SMILES string of the molecule is CCN1CCN(C(=O)c2ccccc2-c2ncc(-c3ccc(C)cc3)o2)CC1. The minimum absolute atomic E-state index is 0.0430. The Morgan fingerprint density at radius 1 is 1.04 bits per heavy atom. The Kier molecular flexibility index (Phi) is 5.26. The summed E-state index contributed by atoms with van der Waals surface area (Å²) in [6.07, 6.45) is 1.72. The largest absolute Gasteiger partial charge is 0.436 e. The second-order valence-corrected chi connectivity index (χ2v) is 7.17. The number of hydrogen-bond acceptors (Lipinski definition) is 4. The van der Waals surface area contributed by atoms with E-state index in [1.54, 1.807) is 6.20 Å². The van der Waals surface area contributed by atoms with Crippen molar-refractivity contribution in [3.05, 3.63) is 65.9 Å². The standard InChI is InChI=1S/C23H25N3O2/c1-3-25-12-14-26(15-13-25)23(27)20-7-5-4-6-19(20)22-24-16-21(28-22)18-10-8-17(2)9-11-18/h4-11,16H,3,12-15H2,1-2H3. The molecule has 2 aromatic carbocycles. The van der Waals surface area contributed by atoms with Crippen LogP contribution in [0, 0.1) is 6.92 Å². The van der Waals surface area contributed by atoms with Gasteiger partial charge in [0.15, 0.2) is 5.76 Å². The van der Waals surface area contributed by atoms with Crippen LogP contribution in [0.4, 0.5) is 0 Å². The molecule has 1 aromatic heterocycles. The fourth-order valence-corrected chi connectivity index (χ4v) is 3.54. The quantitative estimate of drug-likeness (QED) is 0.689. The number of likely N-dealkylation sites (N-methyl/N-ethyl adjacent to an activating group) is 1. The van der Waals surface area contributed by atoms with Crippen molar-refractivity contribution in [2.45, 2.75) is 13.8 Å². The molecule has 5 nitrogen and oxygen atoms in total. The highest BCUT2D eigenvalue weighted by molar-refractivity contribution is 6.00. The van der Waals surface area contributed by atoms with E-state index in [4.69, 9.17) is 4.42 Å². The Morgan fingerprint density at radius 3 is 2.46 bits per heavy atom. The first-order valence-corrected chi connectivity index (χ1v) is 9.79. The highest BCUT2D eigenvalue weighted by Gasteiger charge is 2.24. The van der Waals surface area contributed by atoms with E-state index in [1.165, 1.54) is 5.56 Å². The number of nitrogens with zero attached hydrogens (tertiary/aromatic N) is 3. The molecule has 1 fully saturated rings. The highest BCUT2D eigenvalue weighted by atomic mass is 16.4. The average Bonchev–Trinajstić information content (AvgIpc) is 3.24. The van der Waals surface area contributed by atoms with Crippen LogP contribution in [0.15, 0.2) is 59.1 Å². The van der Waals surface area contributed by atoms with E-state index in [-0.39, 0.29) is 5.91 Å². The average molecular weight is 375 g/mol. The predicted octanol–water partition coefficient (Wildman–Crippen LogP) is 4.09. The summed E-state index contributed by atoms with van der Waals surface area (Å²) >= 11 is 0. The predicted molar refractivity (Wildman–Crippen MR) is 110 cm³/mol. The van der Waals surface area contributed by atoms with Crippen molar-refractivity contribution >= 4 is 5.91 Å². The Balaban J connectivity index is 1.60. The Morgan fingerprint density at radius 2 is 1.75 bits per heavy atom. The number of amides is 1. The van der Waals surface area contributed by atoms with E-state index >= 15 is 0 Å². The Bertz CT molecular complexity index is 954. The zero-order valence-corrected chi connectivity index (χ0v) is 16.4. The lowest BCUT2D eigenvalue weighted by Gasteiger charge is -2.34. The van der Waals surface area contributed by atoms with Crippen molar-refractivity contribution in [3.8, 4) is 22.8 Å². The molecule has 28 heavy (non-hydrogen) atoms. The van der Waals surface area contributed by atoms with Gasteiger partial charge in [-0.25, -0.2) is 4.98 Å². The molecule has 0 aliphatic carbocycles. The van der Waals surface area contributed by atoms with Gasteiger partial charge in [0.2, 0.25) is 5.89 Å². The molecule has 0 N–H and O–H groups in total. The summed E-state index contributed by atoms with van der Waals surface area (Å²) in [7, 11) is 0. The summed E-state index contributed by atoms with van der Waals surface area (Å²) in [5.74, 6) is 1.22. The van der Waals surface area contributed by atoms with Gasteiger partial charge in [-0.3, -0.25) is 4.79 Å². The summed E-state index contributed by atoms with van der Waals surface area (Å²) < 4.78 is 6.02. The van der Waals surface area contributed by atoms with Crippen LogP contribution in [-0.2, 0) is 0 Å². The molecule has 4 rings (SSSR count). The van der Waals surface area contributed by atoms with Crippen molar-refractivity contribution in [1.82, 2.24) is 14.8 Å². The van der Waals surface area contributed by atoms with E-state index in [0.29, 0.717) is 17.2 Å². The summed E-state index contributed by atoms with van der Waals surface area (Å²) in [5, 5.41) is 0. The first kappa shape index (κ1) is 18.4. The number of rotatable bonds is 4. The molecule has 0 radical (unpaired) electrons. The molecule has 1 aliphatic rings. The number of aromatic nitrogens is 1. The Labute approximate surface area is 165 Å². The molecule has 0 unspecified atom stereocenters. The second-order valence-electron chi connectivity index (χ2n) is 7.17. The van der Waals surface area contributed by atoms with Crippen LogP contribution < -0.4 is 0 Å². The van der Waals surface area contributed by atoms with E-state index in [0.717, 1.165) is 43.9 Å². The monoisotopic (exact) mass is 375 g/mol. The maximum absolute atomic E-state index is 13.1. The van der Waals surface area contributed by atoms with Crippen molar-refractivity contribution in [2.24, 2.45) is 0 Å². The van der Waals surface area contributed by atoms with Gasteiger partial charge in [-0.1, -0.05) is 48.9 Å². The third-order valence-electron chi connectivity index (χ3n) is 5.34. The smallest absolute Gasteiger partial charge is 0.254 e. The van der Waals surface area contributed by atoms with Gasteiger partial charge < -0.3 is 14.2 Å². The summed E-state index contributed by atoms with van der Waals surface area (Å²) in [5.41, 5.74) is 3.56. The van der Waals surface area contributed by atoms with Crippen LogP contribution >= 0.6 is 0 Å². The topological polar surface area (TPSA) is 49.6 Å². The molecule has 1 aliphatic heterocycles. The lowest BCUT2D eigenvalue weighted by molar-refractivity contribution is 0.0644. The molecule has 0 bridgehead atoms. The van der Waals surface area contributed by atoms with Gasteiger partial charge >= 0.3 is 0 Å². The third kappa shape index (κ3) is 3.71. The van der Waals surface area contributed by atoms with Crippen molar-refractivity contribution in [3.63, 3.8) is 0 Å². The first-order chi connectivity index (χ1) is 13.7. The van der Waals surface area contributed by atoms with Crippen molar-refractivity contribution < 1.29 is 9.21 Å². The van der Waals surface area contributed by atoms with Gasteiger partial charge in [-0.15, -0.1) is 0 Å². The number of oxazole rings is 1. The van der Waals surface area contributed by atoms with E-state index in [2.05, 4.69) is 23.7 Å².